The highest BCUT2D eigenvalue weighted by molar-refractivity contribution is 7.87. The first-order valence-corrected chi connectivity index (χ1v) is 13.4. The van der Waals surface area contributed by atoms with Gasteiger partial charge < -0.3 is 9.47 Å². The zero-order valence-corrected chi connectivity index (χ0v) is 19.9. The Morgan fingerprint density at radius 2 is 1.70 bits per heavy atom. The van der Waals surface area contributed by atoms with Crippen LogP contribution < -0.4 is 4.72 Å². The summed E-state index contributed by atoms with van der Waals surface area (Å²) in [6.45, 7) is 0.0832. The first-order valence-electron chi connectivity index (χ1n) is 12.0. The number of hydrogen-bond donors (Lipinski definition) is 1. The number of nitrogens with one attached hydrogen (secondary N) is 1. The Kier molecular flexibility index (Phi) is 6.04. The van der Waals surface area contributed by atoms with E-state index in [1.54, 1.807) is 18.2 Å². The van der Waals surface area contributed by atoms with E-state index in [-0.39, 0.29) is 28.0 Å². The predicted molar refractivity (Wildman–Crippen MR) is 120 cm³/mol. The molecule has 1 atom stereocenters. The lowest BCUT2D eigenvalue weighted by atomic mass is 9.50. The van der Waals surface area contributed by atoms with Crippen LogP contribution in [0.4, 0.5) is 4.48 Å². The van der Waals surface area contributed by atoms with Crippen LogP contribution in [0.25, 0.3) is 0 Å². The minimum absolute atomic E-state index is 0.0134. The minimum atomic E-state index is -4.81. The van der Waals surface area contributed by atoms with Crippen molar-refractivity contribution in [2.75, 3.05) is 20.3 Å². The van der Waals surface area contributed by atoms with Gasteiger partial charge >= 0.3 is 10.2 Å². The van der Waals surface area contributed by atoms with Crippen molar-refractivity contribution in [1.29, 1.82) is 0 Å². The third-order valence-corrected chi connectivity index (χ3v) is 9.30. The standard InChI is InChI=1S/C24H33FN2O5S/c1-31-16-24(21-7-8-21,27(25)33(29,30)26-22(28)20-5-3-2-4-6-20)32-15-23-12-17-9-18(13-23)11-19(10-17)14-23/h2-6,17-19,21H,7-16H2,1H3,(H,26,28). The molecule has 1 N–H and O–H groups in total. The van der Waals surface area contributed by atoms with Crippen molar-refractivity contribution < 1.29 is 27.2 Å². The summed E-state index contributed by atoms with van der Waals surface area (Å²) < 4.78 is 55.0. The number of ether oxygens (including phenoxy) is 2. The van der Waals surface area contributed by atoms with Gasteiger partial charge in [0.25, 0.3) is 5.91 Å². The second-order valence-corrected chi connectivity index (χ2v) is 12.3. The van der Waals surface area contributed by atoms with Crippen LogP contribution in [-0.4, -0.2) is 44.9 Å². The molecule has 0 spiro atoms. The smallest absolute Gasteiger partial charge is 0.333 e. The summed E-state index contributed by atoms with van der Waals surface area (Å²) in [6.07, 6.45) is 8.32. The number of carbonyl (C=O) groups is 1. The van der Waals surface area contributed by atoms with E-state index < -0.39 is 21.8 Å². The lowest BCUT2D eigenvalue weighted by molar-refractivity contribution is -0.245. The maximum atomic E-state index is 15.8. The van der Waals surface area contributed by atoms with E-state index in [0.29, 0.717) is 37.2 Å². The van der Waals surface area contributed by atoms with Crippen molar-refractivity contribution in [3.63, 3.8) is 0 Å². The number of halogens is 1. The van der Waals surface area contributed by atoms with E-state index >= 15 is 4.48 Å². The Hall–Kier alpha value is -1.55. The van der Waals surface area contributed by atoms with Crippen LogP contribution in [-0.2, 0) is 19.7 Å². The Labute approximate surface area is 195 Å². The van der Waals surface area contributed by atoms with Crippen LogP contribution in [0.15, 0.2) is 30.3 Å². The van der Waals surface area contributed by atoms with Gasteiger partial charge in [0.15, 0.2) is 5.72 Å². The van der Waals surface area contributed by atoms with Gasteiger partial charge in [0.1, 0.15) is 0 Å². The number of carbonyl (C=O) groups excluding carboxylic acids is 1. The molecule has 0 saturated heterocycles. The summed E-state index contributed by atoms with van der Waals surface area (Å²) >= 11 is 0. The van der Waals surface area contributed by atoms with E-state index in [4.69, 9.17) is 9.47 Å². The fraction of sp³-hybridized carbons (Fsp3) is 0.708. The van der Waals surface area contributed by atoms with Crippen molar-refractivity contribution in [1.82, 2.24) is 9.25 Å². The molecule has 1 aromatic carbocycles. The lowest BCUT2D eigenvalue weighted by Crippen LogP contribution is -2.59. The molecule has 9 heteroatoms. The molecule has 5 aliphatic carbocycles. The number of methoxy groups -OCH3 is 1. The van der Waals surface area contributed by atoms with Crippen molar-refractivity contribution in [2.45, 2.75) is 57.1 Å². The molecule has 5 fully saturated rings. The van der Waals surface area contributed by atoms with Gasteiger partial charge in [-0.05, 0) is 86.7 Å². The second kappa shape index (κ2) is 8.59. The van der Waals surface area contributed by atoms with Crippen LogP contribution in [0.2, 0.25) is 0 Å². The highest BCUT2D eigenvalue weighted by atomic mass is 32.2. The van der Waals surface area contributed by atoms with Crippen LogP contribution in [0.5, 0.6) is 0 Å². The highest BCUT2D eigenvalue weighted by Gasteiger charge is 2.59. The van der Waals surface area contributed by atoms with Crippen molar-refractivity contribution in [3.05, 3.63) is 35.9 Å². The summed E-state index contributed by atoms with van der Waals surface area (Å²) in [5.74, 6) is 0.898. The largest absolute Gasteiger partial charge is 0.380 e. The second-order valence-electron chi connectivity index (χ2n) is 10.8. The monoisotopic (exact) mass is 480 g/mol. The van der Waals surface area contributed by atoms with Crippen molar-refractivity contribution in [3.8, 4) is 0 Å². The third-order valence-electron chi connectivity index (χ3n) is 8.13. The summed E-state index contributed by atoms with van der Waals surface area (Å²) in [7, 11) is -3.40. The molecular weight excluding hydrogens is 447 g/mol. The van der Waals surface area contributed by atoms with Gasteiger partial charge in [-0.1, -0.05) is 18.2 Å². The maximum Gasteiger partial charge on any atom is 0.333 e. The quantitative estimate of drug-likeness (QED) is 0.406. The molecule has 4 bridgehead atoms. The first-order chi connectivity index (χ1) is 15.8. The van der Waals surface area contributed by atoms with Crippen molar-refractivity contribution >= 4 is 16.1 Å². The highest BCUT2D eigenvalue weighted by Crippen LogP contribution is 2.60. The van der Waals surface area contributed by atoms with E-state index in [1.165, 1.54) is 38.5 Å². The maximum absolute atomic E-state index is 15.8. The number of nitrogens with zero attached hydrogens (tertiary/aromatic N) is 1. The Bertz CT molecular complexity index is 949. The van der Waals surface area contributed by atoms with E-state index in [9.17, 15) is 13.2 Å². The van der Waals surface area contributed by atoms with Crippen LogP contribution in [0, 0.1) is 29.1 Å². The molecule has 0 aliphatic heterocycles. The Morgan fingerprint density at radius 3 is 2.21 bits per heavy atom. The zero-order chi connectivity index (χ0) is 23.3. The molecule has 1 unspecified atom stereocenters. The normalized spacial score (nSPS) is 32.6. The summed E-state index contributed by atoms with van der Waals surface area (Å²) in [5.41, 5.74) is -1.66. The van der Waals surface area contributed by atoms with Gasteiger partial charge in [0.2, 0.25) is 0 Å². The molecule has 1 aromatic rings. The Balaban J connectivity index is 1.36. The molecule has 5 saturated carbocycles. The van der Waals surface area contributed by atoms with E-state index in [2.05, 4.69) is 0 Å². The SMILES string of the molecule is COCC(OCC12CC3CC(CC(C3)C1)C2)(C1CC1)N(F)S(=O)(=O)NC(=O)c1ccccc1. The molecule has 0 heterocycles. The van der Waals surface area contributed by atoms with Gasteiger partial charge in [0, 0.05) is 23.1 Å². The molecule has 0 aromatic heterocycles. The predicted octanol–water partition coefficient (Wildman–Crippen LogP) is 3.83. The first kappa shape index (κ1) is 23.2. The fourth-order valence-electron chi connectivity index (χ4n) is 7.02. The van der Waals surface area contributed by atoms with Crippen LogP contribution >= 0.6 is 0 Å². The number of benzene rings is 1. The molecule has 7 nitrogen and oxygen atoms in total. The van der Waals surface area contributed by atoms with Crippen molar-refractivity contribution in [2.24, 2.45) is 29.1 Å². The van der Waals surface area contributed by atoms with Gasteiger partial charge in [-0.3, -0.25) is 4.79 Å². The Morgan fingerprint density at radius 1 is 1.12 bits per heavy atom. The van der Waals surface area contributed by atoms with Gasteiger partial charge in [0.05, 0.1) is 13.2 Å². The molecule has 6 rings (SSSR count). The third kappa shape index (κ3) is 4.45. The molecule has 5 aliphatic rings. The summed E-state index contributed by atoms with van der Waals surface area (Å²) in [4.78, 5) is 12.5. The summed E-state index contributed by atoms with van der Waals surface area (Å²) in [5, 5.41) is 0. The summed E-state index contributed by atoms with van der Waals surface area (Å²) in [6, 6.07) is 7.88. The minimum Gasteiger partial charge on any atom is -0.380 e. The van der Waals surface area contributed by atoms with Gasteiger partial charge in [-0.25, -0.2) is 4.72 Å². The van der Waals surface area contributed by atoms with Gasteiger partial charge in [-0.2, -0.15) is 8.42 Å². The molecule has 1 amide bonds. The van der Waals surface area contributed by atoms with Crippen LogP contribution in [0.3, 0.4) is 0 Å². The average Bonchev–Trinajstić information content (AvgIpc) is 3.61. The molecule has 0 radical (unpaired) electrons. The van der Waals surface area contributed by atoms with Crippen LogP contribution in [0.1, 0.15) is 61.7 Å². The number of hydrogen-bond acceptors (Lipinski definition) is 5. The molecule has 182 valence electrons. The fourth-order valence-corrected chi connectivity index (χ4v) is 8.11. The number of rotatable bonds is 10. The lowest BCUT2D eigenvalue weighted by Gasteiger charge is -2.57. The molecule has 33 heavy (non-hydrogen) atoms. The van der Waals surface area contributed by atoms with Gasteiger partial charge in [-0.15, -0.1) is 4.48 Å². The average molecular weight is 481 g/mol. The van der Waals surface area contributed by atoms with E-state index in [1.807, 2.05) is 4.72 Å². The van der Waals surface area contributed by atoms with E-state index in [0.717, 1.165) is 19.3 Å². The number of amides is 1. The topological polar surface area (TPSA) is 84.9 Å². The zero-order valence-electron chi connectivity index (χ0n) is 19.0. The molecular formula is C24H33FN2O5S.